The Bertz CT molecular complexity index is 580. The van der Waals surface area contributed by atoms with Crippen molar-refractivity contribution in [3.63, 3.8) is 0 Å². The van der Waals surface area contributed by atoms with Gasteiger partial charge < -0.3 is 10.6 Å². The number of hydrogen-bond acceptors (Lipinski definition) is 6. The van der Waals surface area contributed by atoms with E-state index in [1.54, 1.807) is 7.05 Å². The number of nitrogens with one attached hydrogen (secondary N) is 2. The molecule has 20 heavy (non-hydrogen) atoms. The van der Waals surface area contributed by atoms with Crippen LogP contribution in [0.1, 0.15) is 6.42 Å². The standard InChI is InChI=1S/C11H18ClN5O2S/c1-13-9-10(12)15-7-16-11(9)14-5-8-3-4-17(6-8)20(2,18)19/h7-8,13H,3-6H2,1-2H3,(H,14,15,16). The molecule has 2 heterocycles. The fourth-order valence-corrected chi connectivity index (χ4v) is 3.37. The summed E-state index contributed by atoms with van der Waals surface area (Å²) in [6.45, 7) is 1.77. The second kappa shape index (κ2) is 6.11. The minimum absolute atomic E-state index is 0.267. The van der Waals surface area contributed by atoms with Gasteiger partial charge in [-0.1, -0.05) is 11.6 Å². The van der Waals surface area contributed by atoms with Crippen molar-refractivity contribution in [3.05, 3.63) is 11.5 Å². The van der Waals surface area contributed by atoms with Gasteiger partial charge in [-0.2, -0.15) is 0 Å². The quantitative estimate of drug-likeness (QED) is 0.783. The van der Waals surface area contributed by atoms with E-state index in [-0.39, 0.29) is 5.92 Å². The summed E-state index contributed by atoms with van der Waals surface area (Å²) < 4.78 is 24.4. The lowest BCUT2D eigenvalue weighted by Crippen LogP contribution is -2.28. The molecule has 0 radical (unpaired) electrons. The Balaban J connectivity index is 1.96. The zero-order valence-electron chi connectivity index (χ0n) is 11.4. The number of rotatable bonds is 5. The van der Waals surface area contributed by atoms with Crippen LogP contribution in [0.4, 0.5) is 11.5 Å². The van der Waals surface area contributed by atoms with E-state index in [4.69, 9.17) is 11.6 Å². The molecule has 1 aliphatic rings. The Morgan fingerprint density at radius 1 is 1.50 bits per heavy atom. The van der Waals surface area contributed by atoms with Crippen molar-refractivity contribution >= 4 is 33.1 Å². The molecular formula is C11H18ClN5O2S. The van der Waals surface area contributed by atoms with E-state index in [1.165, 1.54) is 16.9 Å². The van der Waals surface area contributed by atoms with Crippen LogP contribution in [-0.4, -0.2) is 55.6 Å². The molecule has 2 N–H and O–H groups in total. The van der Waals surface area contributed by atoms with Gasteiger partial charge in [0, 0.05) is 26.7 Å². The number of sulfonamides is 1. The van der Waals surface area contributed by atoms with E-state index in [0.717, 1.165) is 6.42 Å². The van der Waals surface area contributed by atoms with Crippen LogP contribution in [-0.2, 0) is 10.0 Å². The SMILES string of the molecule is CNc1c(Cl)ncnc1NCC1CCN(S(C)(=O)=O)C1. The molecule has 0 aliphatic carbocycles. The number of aromatic nitrogens is 2. The second-order valence-corrected chi connectivity index (χ2v) is 7.14. The van der Waals surface area contributed by atoms with Gasteiger partial charge in [0.15, 0.2) is 11.0 Å². The summed E-state index contributed by atoms with van der Waals surface area (Å²) in [7, 11) is -1.34. The van der Waals surface area contributed by atoms with Crippen LogP contribution in [0.15, 0.2) is 6.33 Å². The van der Waals surface area contributed by atoms with Gasteiger partial charge in [0.1, 0.15) is 12.0 Å². The van der Waals surface area contributed by atoms with Gasteiger partial charge in [-0.05, 0) is 12.3 Å². The van der Waals surface area contributed by atoms with Crippen molar-refractivity contribution in [2.24, 2.45) is 5.92 Å². The smallest absolute Gasteiger partial charge is 0.211 e. The number of hydrogen-bond donors (Lipinski definition) is 2. The normalized spacial score (nSPS) is 20.1. The van der Waals surface area contributed by atoms with Gasteiger partial charge in [-0.25, -0.2) is 22.7 Å². The first kappa shape index (κ1) is 15.3. The minimum atomic E-state index is -3.09. The summed E-state index contributed by atoms with van der Waals surface area (Å²) in [5.41, 5.74) is 0.645. The zero-order valence-corrected chi connectivity index (χ0v) is 13.0. The summed E-state index contributed by atoms with van der Waals surface area (Å²) >= 11 is 5.97. The second-order valence-electron chi connectivity index (χ2n) is 4.79. The van der Waals surface area contributed by atoms with Crippen molar-refractivity contribution < 1.29 is 8.42 Å². The van der Waals surface area contributed by atoms with Crippen LogP contribution in [0.3, 0.4) is 0 Å². The lowest BCUT2D eigenvalue weighted by molar-refractivity contribution is 0.466. The van der Waals surface area contributed by atoms with Crippen molar-refractivity contribution in [2.75, 3.05) is 43.6 Å². The van der Waals surface area contributed by atoms with Crippen molar-refractivity contribution in [1.29, 1.82) is 0 Å². The molecule has 0 saturated carbocycles. The molecule has 2 rings (SSSR count). The van der Waals surface area contributed by atoms with E-state index in [9.17, 15) is 8.42 Å². The van der Waals surface area contributed by atoms with Gasteiger partial charge in [0.2, 0.25) is 10.0 Å². The lowest BCUT2D eigenvalue weighted by Gasteiger charge is -2.15. The van der Waals surface area contributed by atoms with Crippen LogP contribution in [0.2, 0.25) is 5.15 Å². The van der Waals surface area contributed by atoms with Gasteiger partial charge >= 0.3 is 0 Å². The summed E-state index contributed by atoms with van der Waals surface area (Å²) in [5, 5.41) is 6.50. The van der Waals surface area contributed by atoms with Gasteiger partial charge in [-0.3, -0.25) is 0 Å². The third-order valence-corrected chi connectivity index (χ3v) is 4.88. The molecule has 1 aliphatic heterocycles. The molecule has 1 saturated heterocycles. The largest absolute Gasteiger partial charge is 0.383 e. The molecular weight excluding hydrogens is 302 g/mol. The molecule has 112 valence electrons. The van der Waals surface area contributed by atoms with Crippen molar-refractivity contribution in [2.45, 2.75) is 6.42 Å². The highest BCUT2D eigenvalue weighted by Crippen LogP contribution is 2.26. The summed E-state index contributed by atoms with van der Waals surface area (Å²) in [6, 6.07) is 0. The van der Waals surface area contributed by atoms with Gasteiger partial charge in [-0.15, -0.1) is 0 Å². The Morgan fingerprint density at radius 2 is 2.25 bits per heavy atom. The Hall–Kier alpha value is -1.12. The number of nitrogens with zero attached hydrogens (tertiary/aromatic N) is 3. The third kappa shape index (κ3) is 3.50. The average molecular weight is 320 g/mol. The van der Waals surface area contributed by atoms with Crippen molar-refractivity contribution in [1.82, 2.24) is 14.3 Å². The monoisotopic (exact) mass is 319 g/mol. The molecule has 9 heteroatoms. The maximum Gasteiger partial charge on any atom is 0.211 e. The molecule has 0 bridgehead atoms. The van der Waals surface area contributed by atoms with E-state index < -0.39 is 10.0 Å². The molecule has 1 aromatic heterocycles. The topological polar surface area (TPSA) is 87.2 Å². The maximum atomic E-state index is 11.5. The molecule has 0 spiro atoms. The predicted octanol–water partition coefficient (Wildman–Crippen LogP) is 0.865. The molecule has 1 aromatic rings. The van der Waals surface area contributed by atoms with Crippen LogP contribution in [0.25, 0.3) is 0 Å². The fourth-order valence-electron chi connectivity index (χ4n) is 2.23. The summed E-state index contributed by atoms with van der Waals surface area (Å²) in [5.74, 6) is 0.897. The van der Waals surface area contributed by atoms with Gasteiger partial charge in [0.05, 0.1) is 6.26 Å². The van der Waals surface area contributed by atoms with Crippen LogP contribution in [0, 0.1) is 5.92 Å². The first-order chi connectivity index (χ1) is 9.41. The van der Waals surface area contributed by atoms with Crippen LogP contribution < -0.4 is 10.6 Å². The maximum absolute atomic E-state index is 11.5. The molecule has 7 nitrogen and oxygen atoms in total. The molecule has 1 unspecified atom stereocenters. The van der Waals surface area contributed by atoms with E-state index in [2.05, 4.69) is 20.6 Å². The highest BCUT2D eigenvalue weighted by Gasteiger charge is 2.28. The molecule has 0 aromatic carbocycles. The fraction of sp³-hybridized carbons (Fsp3) is 0.636. The molecule has 1 atom stereocenters. The average Bonchev–Trinajstić information content (AvgIpc) is 2.85. The highest BCUT2D eigenvalue weighted by atomic mass is 35.5. The van der Waals surface area contributed by atoms with Crippen molar-refractivity contribution in [3.8, 4) is 0 Å². The number of anilines is 2. The summed E-state index contributed by atoms with van der Waals surface area (Å²) in [6.07, 6.45) is 3.48. The van der Waals surface area contributed by atoms with Crippen LogP contribution >= 0.6 is 11.6 Å². The van der Waals surface area contributed by atoms with Crippen LogP contribution in [0.5, 0.6) is 0 Å². The first-order valence-corrected chi connectivity index (χ1v) is 8.51. The minimum Gasteiger partial charge on any atom is -0.383 e. The highest BCUT2D eigenvalue weighted by molar-refractivity contribution is 7.88. The Morgan fingerprint density at radius 3 is 2.85 bits per heavy atom. The summed E-state index contributed by atoms with van der Waals surface area (Å²) in [4.78, 5) is 8.04. The lowest BCUT2D eigenvalue weighted by atomic mass is 10.1. The van der Waals surface area contributed by atoms with E-state index in [1.807, 2.05) is 0 Å². The van der Waals surface area contributed by atoms with E-state index in [0.29, 0.717) is 36.3 Å². The molecule has 1 fully saturated rings. The Kier molecular flexibility index (Phi) is 4.66. The Labute approximate surface area is 123 Å². The number of halogens is 1. The van der Waals surface area contributed by atoms with E-state index >= 15 is 0 Å². The third-order valence-electron chi connectivity index (χ3n) is 3.33. The zero-order chi connectivity index (χ0) is 14.8. The van der Waals surface area contributed by atoms with Gasteiger partial charge in [0.25, 0.3) is 0 Å². The molecule has 0 amide bonds. The first-order valence-electron chi connectivity index (χ1n) is 6.29. The predicted molar refractivity (Wildman–Crippen MR) is 79.6 cm³/mol.